The van der Waals surface area contributed by atoms with Crippen molar-refractivity contribution in [2.45, 2.75) is 6.42 Å². The molecular formula is C27H25N3O9. The Kier molecular flexibility index (Phi) is 8.24. The number of anilines is 2. The van der Waals surface area contributed by atoms with E-state index in [2.05, 4.69) is 5.32 Å². The highest BCUT2D eigenvalue weighted by Crippen LogP contribution is 2.33. The lowest BCUT2D eigenvalue weighted by Crippen LogP contribution is -2.28. The van der Waals surface area contributed by atoms with Gasteiger partial charge in [0, 0.05) is 30.8 Å². The summed E-state index contributed by atoms with van der Waals surface area (Å²) in [5, 5.41) is 13.6. The topological polar surface area (TPSA) is 147 Å². The van der Waals surface area contributed by atoms with Gasteiger partial charge in [0.05, 0.1) is 25.1 Å². The van der Waals surface area contributed by atoms with Gasteiger partial charge in [0.1, 0.15) is 17.2 Å². The lowest BCUT2D eigenvalue weighted by molar-refractivity contribution is -0.383. The molecule has 1 aliphatic rings. The number of nitro benzene ring substituents is 1. The van der Waals surface area contributed by atoms with Crippen LogP contribution in [0.2, 0.25) is 0 Å². The number of nitrogens with one attached hydrogen (secondary N) is 1. The van der Waals surface area contributed by atoms with Gasteiger partial charge in [0.2, 0.25) is 5.91 Å². The summed E-state index contributed by atoms with van der Waals surface area (Å²) >= 11 is 0. The number of rotatable bonds is 10. The van der Waals surface area contributed by atoms with Crippen LogP contribution in [0.1, 0.15) is 6.42 Å². The fraction of sp³-hybridized carbons (Fsp3) is 0.222. The number of nitro groups is 1. The zero-order chi connectivity index (χ0) is 27.9. The molecule has 0 bridgehead atoms. The van der Waals surface area contributed by atoms with Crippen LogP contribution >= 0.6 is 0 Å². The number of amides is 2. The summed E-state index contributed by atoms with van der Waals surface area (Å²) in [5.74, 6) is -0.590. The Morgan fingerprint density at radius 3 is 2.36 bits per heavy atom. The van der Waals surface area contributed by atoms with E-state index >= 15 is 0 Å². The molecule has 0 saturated carbocycles. The molecule has 12 nitrogen and oxygen atoms in total. The van der Waals surface area contributed by atoms with E-state index in [1.807, 2.05) is 12.1 Å². The van der Waals surface area contributed by atoms with Gasteiger partial charge in [-0.3, -0.25) is 24.5 Å². The van der Waals surface area contributed by atoms with Crippen molar-refractivity contribution < 1.29 is 38.3 Å². The molecule has 1 heterocycles. The Morgan fingerprint density at radius 1 is 1.00 bits per heavy atom. The minimum Gasteiger partial charge on any atom is -0.497 e. The van der Waals surface area contributed by atoms with E-state index in [1.54, 1.807) is 43.5 Å². The van der Waals surface area contributed by atoms with Crippen LogP contribution in [0.15, 0.2) is 66.7 Å². The van der Waals surface area contributed by atoms with Crippen LogP contribution in [0.4, 0.5) is 17.1 Å². The van der Waals surface area contributed by atoms with Gasteiger partial charge >= 0.3 is 5.97 Å². The van der Waals surface area contributed by atoms with Crippen molar-refractivity contribution >= 4 is 34.8 Å². The molecule has 0 unspecified atom stereocenters. The summed E-state index contributed by atoms with van der Waals surface area (Å²) in [4.78, 5) is 49.5. The predicted molar refractivity (Wildman–Crippen MR) is 139 cm³/mol. The number of esters is 1. The lowest BCUT2D eigenvalue weighted by Gasteiger charge is -2.17. The summed E-state index contributed by atoms with van der Waals surface area (Å²) in [7, 11) is 2.93. The fourth-order valence-electron chi connectivity index (χ4n) is 3.98. The minimum absolute atomic E-state index is 0.0767. The van der Waals surface area contributed by atoms with E-state index < -0.39 is 29.3 Å². The maximum atomic E-state index is 12.6. The first-order valence-electron chi connectivity index (χ1n) is 11.8. The summed E-state index contributed by atoms with van der Waals surface area (Å²) in [6, 6.07) is 17.9. The van der Waals surface area contributed by atoms with Gasteiger partial charge in [-0.25, -0.2) is 0 Å². The zero-order valence-corrected chi connectivity index (χ0v) is 21.1. The smallest absolute Gasteiger partial charge is 0.311 e. The van der Waals surface area contributed by atoms with E-state index in [0.717, 1.165) is 0 Å². The molecule has 12 heteroatoms. The first kappa shape index (κ1) is 26.9. The number of carbonyl (C=O) groups is 3. The molecule has 3 aromatic carbocycles. The number of hydrogen-bond acceptors (Lipinski definition) is 9. The minimum atomic E-state index is -0.777. The standard InChI is InChI=1S/C27H25N3O9/c1-36-20-11-12-22(30(34)35)21(14-20)28-25(31)16-38-27(33)17-13-26(32)29(15-17)18-7-9-19(10-8-18)39-24-6-4-3-5-23(24)37-2/h3-12,14,17H,13,15-16H2,1-2H3,(H,28,31)/t17-/m0/s1. The number of methoxy groups -OCH3 is 2. The highest BCUT2D eigenvalue weighted by atomic mass is 16.6. The quantitative estimate of drug-likeness (QED) is 0.232. The second kappa shape index (κ2) is 11.9. The molecule has 39 heavy (non-hydrogen) atoms. The molecule has 4 rings (SSSR count). The van der Waals surface area contributed by atoms with Crippen molar-refractivity contribution in [3.63, 3.8) is 0 Å². The Bertz CT molecular complexity index is 1390. The van der Waals surface area contributed by atoms with Gasteiger partial charge < -0.3 is 29.2 Å². The Morgan fingerprint density at radius 2 is 1.69 bits per heavy atom. The molecule has 1 saturated heterocycles. The van der Waals surface area contributed by atoms with Gasteiger partial charge in [-0.2, -0.15) is 0 Å². The van der Waals surface area contributed by atoms with Crippen LogP contribution in [-0.4, -0.2) is 50.1 Å². The van der Waals surface area contributed by atoms with Crippen LogP contribution < -0.4 is 24.4 Å². The maximum absolute atomic E-state index is 12.6. The van der Waals surface area contributed by atoms with Crippen molar-refractivity contribution in [1.82, 2.24) is 0 Å². The largest absolute Gasteiger partial charge is 0.497 e. The highest BCUT2D eigenvalue weighted by molar-refractivity contribution is 6.00. The van der Waals surface area contributed by atoms with Crippen LogP contribution in [0, 0.1) is 16.0 Å². The van der Waals surface area contributed by atoms with Gasteiger partial charge in [-0.1, -0.05) is 12.1 Å². The molecule has 0 aromatic heterocycles. The van der Waals surface area contributed by atoms with Crippen molar-refractivity contribution in [3.8, 4) is 23.0 Å². The number of carbonyl (C=O) groups excluding carboxylic acids is 3. The number of para-hydroxylation sites is 2. The van der Waals surface area contributed by atoms with E-state index in [-0.39, 0.29) is 30.2 Å². The molecule has 3 aromatic rings. The SMILES string of the molecule is COc1ccc([N+](=O)[O-])c(NC(=O)COC(=O)[C@H]2CC(=O)N(c3ccc(Oc4ccccc4OC)cc3)C2)c1. The predicted octanol–water partition coefficient (Wildman–Crippen LogP) is 3.94. The van der Waals surface area contributed by atoms with Crippen molar-refractivity contribution in [3.05, 3.63) is 76.8 Å². The lowest BCUT2D eigenvalue weighted by atomic mass is 10.1. The zero-order valence-electron chi connectivity index (χ0n) is 21.1. The molecule has 1 atom stereocenters. The summed E-state index contributed by atoms with van der Waals surface area (Å²) < 4.78 is 21.3. The third-order valence-corrected chi connectivity index (χ3v) is 5.92. The third kappa shape index (κ3) is 6.42. The second-order valence-electron chi connectivity index (χ2n) is 8.45. The summed E-state index contributed by atoms with van der Waals surface area (Å²) in [5.41, 5.74) is 0.137. The first-order chi connectivity index (χ1) is 18.8. The first-order valence-corrected chi connectivity index (χ1v) is 11.8. The van der Waals surface area contributed by atoms with Crippen molar-refractivity contribution in [1.29, 1.82) is 0 Å². The molecule has 1 fully saturated rings. The Labute approximate surface area is 223 Å². The van der Waals surface area contributed by atoms with Crippen LogP contribution in [0.25, 0.3) is 0 Å². The molecule has 2 amide bonds. The monoisotopic (exact) mass is 535 g/mol. The second-order valence-corrected chi connectivity index (χ2v) is 8.45. The van der Waals surface area contributed by atoms with E-state index in [9.17, 15) is 24.5 Å². The molecule has 0 aliphatic carbocycles. The average Bonchev–Trinajstić information content (AvgIpc) is 3.33. The number of hydrogen-bond donors (Lipinski definition) is 1. The molecule has 202 valence electrons. The summed E-state index contributed by atoms with van der Waals surface area (Å²) in [6.07, 6.45) is -0.0821. The number of nitrogens with zero attached hydrogens (tertiary/aromatic N) is 2. The molecule has 1 aliphatic heterocycles. The van der Waals surface area contributed by atoms with Crippen molar-refractivity contribution in [2.75, 3.05) is 37.6 Å². The van der Waals surface area contributed by atoms with Crippen molar-refractivity contribution in [2.24, 2.45) is 5.92 Å². The number of ether oxygens (including phenoxy) is 4. The Hall–Kier alpha value is -5.13. The van der Waals surface area contributed by atoms with Gasteiger partial charge in [0.25, 0.3) is 11.6 Å². The molecule has 1 N–H and O–H groups in total. The molecular weight excluding hydrogens is 510 g/mol. The van der Waals surface area contributed by atoms with Crippen LogP contribution in [0.3, 0.4) is 0 Å². The normalized spacial score (nSPS) is 14.5. The number of benzene rings is 3. The van der Waals surface area contributed by atoms with Gasteiger partial charge in [-0.05, 0) is 42.5 Å². The van der Waals surface area contributed by atoms with Crippen LogP contribution in [0.5, 0.6) is 23.0 Å². The third-order valence-electron chi connectivity index (χ3n) is 5.92. The fourth-order valence-corrected chi connectivity index (χ4v) is 3.98. The summed E-state index contributed by atoms with van der Waals surface area (Å²) in [6.45, 7) is -0.597. The van der Waals surface area contributed by atoms with E-state index in [0.29, 0.717) is 28.7 Å². The van der Waals surface area contributed by atoms with Gasteiger partial charge in [-0.15, -0.1) is 0 Å². The van der Waals surface area contributed by atoms with E-state index in [1.165, 1.54) is 30.2 Å². The molecule has 0 spiro atoms. The van der Waals surface area contributed by atoms with Gasteiger partial charge in [0.15, 0.2) is 18.1 Å². The van der Waals surface area contributed by atoms with E-state index in [4.69, 9.17) is 18.9 Å². The maximum Gasteiger partial charge on any atom is 0.311 e. The highest BCUT2D eigenvalue weighted by Gasteiger charge is 2.36. The average molecular weight is 536 g/mol. The molecule has 0 radical (unpaired) electrons. The van der Waals surface area contributed by atoms with Crippen LogP contribution in [-0.2, 0) is 19.1 Å². The Balaban J connectivity index is 1.32.